The van der Waals surface area contributed by atoms with Crippen molar-refractivity contribution in [2.75, 3.05) is 33.4 Å². The van der Waals surface area contributed by atoms with Crippen molar-refractivity contribution in [1.29, 1.82) is 0 Å². The van der Waals surface area contributed by atoms with E-state index in [1.165, 1.54) is 0 Å². The van der Waals surface area contributed by atoms with E-state index in [0.717, 1.165) is 21.9 Å². The van der Waals surface area contributed by atoms with Crippen LogP contribution < -0.4 is 9.47 Å². The van der Waals surface area contributed by atoms with Gasteiger partial charge >= 0.3 is 0 Å². The third-order valence-corrected chi connectivity index (χ3v) is 6.21. The Balaban J connectivity index is 1.60. The number of aliphatic hydroxyl groups excluding tert-OH is 1. The topological polar surface area (TPSA) is 59.0 Å². The summed E-state index contributed by atoms with van der Waals surface area (Å²) in [6.07, 6.45) is 0.419. The number of thiophene rings is 1. The van der Waals surface area contributed by atoms with Crippen LogP contribution in [0.4, 0.5) is 0 Å². The predicted molar refractivity (Wildman–Crippen MR) is 95.4 cm³/mol. The van der Waals surface area contributed by atoms with E-state index in [9.17, 15) is 9.90 Å². The lowest BCUT2D eigenvalue weighted by molar-refractivity contribution is -0.130. The van der Waals surface area contributed by atoms with Gasteiger partial charge < -0.3 is 19.5 Å². The molecule has 2 atom stereocenters. The molecule has 1 aromatic heterocycles. The molecular weight excluding hydrogens is 338 g/mol. The Bertz CT molecular complexity index is 776. The Labute approximate surface area is 150 Å². The number of hydrogen-bond acceptors (Lipinski definition) is 5. The molecule has 1 fully saturated rings. The number of likely N-dealkylation sites (tertiary alicyclic amines) is 1. The van der Waals surface area contributed by atoms with Gasteiger partial charge in [-0.15, -0.1) is 11.3 Å². The van der Waals surface area contributed by atoms with Crippen LogP contribution in [0.5, 0.6) is 11.5 Å². The van der Waals surface area contributed by atoms with E-state index >= 15 is 0 Å². The second-order valence-corrected chi connectivity index (χ2v) is 7.83. The van der Waals surface area contributed by atoms with Gasteiger partial charge in [-0.25, -0.2) is 0 Å². The van der Waals surface area contributed by atoms with Gasteiger partial charge in [0.05, 0.1) is 32.2 Å². The number of aliphatic hydroxyl groups is 1. The number of carbonyl (C=O) groups is 1. The summed E-state index contributed by atoms with van der Waals surface area (Å²) in [6, 6.07) is 9.73. The molecule has 25 heavy (non-hydrogen) atoms. The first-order chi connectivity index (χ1) is 12.1. The van der Waals surface area contributed by atoms with Gasteiger partial charge in [0.15, 0.2) is 0 Å². The Morgan fingerprint density at radius 1 is 1.48 bits per heavy atom. The normalized spacial score (nSPS) is 24.4. The van der Waals surface area contributed by atoms with Crippen molar-refractivity contribution in [3.05, 3.63) is 46.2 Å². The molecule has 0 radical (unpaired) electrons. The van der Waals surface area contributed by atoms with Crippen molar-refractivity contribution in [3.8, 4) is 11.5 Å². The average molecular weight is 359 g/mol. The maximum atomic E-state index is 12.7. The van der Waals surface area contributed by atoms with E-state index in [0.29, 0.717) is 26.1 Å². The second kappa shape index (κ2) is 6.35. The third-order valence-electron chi connectivity index (χ3n) is 5.33. The number of methoxy groups -OCH3 is 1. The highest BCUT2D eigenvalue weighted by molar-refractivity contribution is 7.10. The van der Waals surface area contributed by atoms with Crippen molar-refractivity contribution >= 4 is 17.2 Å². The zero-order valence-electron chi connectivity index (χ0n) is 14.1. The van der Waals surface area contributed by atoms with Gasteiger partial charge in [0.2, 0.25) is 5.91 Å². The van der Waals surface area contributed by atoms with E-state index in [1.807, 2.05) is 40.6 Å². The van der Waals surface area contributed by atoms with Crippen molar-refractivity contribution in [2.45, 2.75) is 12.3 Å². The van der Waals surface area contributed by atoms with Gasteiger partial charge in [-0.3, -0.25) is 4.79 Å². The number of ether oxygens (including phenoxy) is 2. The summed E-state index contributed by atoms with van der Waals surface area (Å²) in [5, 5.41) is 12.1. The molecule has 6 heteroatoms. The highest BCUT2D eigenvalue weighted by atomic mass is 32.1. The molecule has 1 aromatic carbocycles. The highest BCUT2D eigenvalue weighted by Gasteiger charge is 2.52. The first-order valence-corrected chi connectivity index (χ1v) is 9.25. The molecule has 132 valence electrons. The maximum Gasteiger partial charge on any atom is 0.227 e. The molecule has 1 N–H and O–H groups in total. The second-order valence-electron chi connectivity index (χ2n) is 6.80. The fraction of sp³-hybridized carbons (Fsp3) is 0.421. The van der Waals surface area contributed by atoms with Gasteiger partial charge in [-0.1, -0.05) is 12.1 Å². The van der Waals surface area contributed by atoms with Crippen LogP contribution in [-0.2, 0) is 11.2 Å². The number of fused-ring (bicyclic) bond motifs is 3. The summed E-state index contributed by atoms with van der Waals surface area (Å²) in [7, 11) is 1.63. The lowest BCUT2D eigenvalue weighted by Gasteiger charge is -2.37. The summed E-state index contributed by atoms with van der Waals surface area (Å²) in [6.45, 7) is 1.57. The standard InChI is InChI=1S/C19H21NO4S/c1-23-13-4-5-15-16-9-20(18(22)8-14-3-2-6-25-14)10-19(16,11-21)12-24-17(15)7-13/h2-7,16,21H,8-12H2,1H3/t16-,19-/m1/s1. The van der Waals surface area contributed by atoms with E-state index < -0.39 is 5.41 Å². The average Bonchev–Trinajstić information content (AvgIpc) is 3.28. The minimum Gasteiger partial charge on any atom is -0.497 e. The smallest absolute Gasteiger partial charge is 0.227 e. The first kappa shape index (κ1) is 16.4. The number of benzene rings is 1. The van der Waals surface area contributed by atoms with Crippen molar-refractivity contribution in [1.82, 2.24) is 4.90 Å². The Morgan fingerprint density at radius 3 is 3.08 bits per heavy atom. The molecule has 2 aromatic rings. The molecule has 0 aliphatic carbocycles. The SMILES string of the molecule is COc1ccc2c(c1)OC[C@]1(CO)CN(C(=O)Cc3cccs3)C[C@H]21. The molecule has 1 amide bonds. The van der Waals surface area contributed by atoms with Crippen LogP contribution in [0, 0.1) is 5.41 Å². The van der Waals surface area contributed by atoms with E-state index in [4.69, 9.17) is 9.47 Å². The molecule has 0 saturated carbocycles. The van der Waals surface area contributed by atoms with Gasteiger partial charge in [0.25, 0.3) is 0 Å². The Kier molecular flexibility index (Phi) is 4.17. The molecule has 0 bridgehead atoms. The molecular formula is C19H21NO4S. The van der Waals surface area contributed by atoms with E-state index in [1.54, 1.807) is 18.4 Å². The zero-order valence-corrected chi connectivity index (χ0v) is 14.9. The van der Waals surface area contributed by atoms with E-state index in [2.05, 4.69) is 0 Å². The Hall–Kier alpha value is -2.05. The monoisotopic (exact) mass is 359 g/mol. The minimum absolute atomic E-state index is 0.00587. The lowest BCUT2D eigenvalue weighted by Crippen LogP contribution is -2.42. The minimum atomic E-state index is -0.424. The molecule has 2 aliphatic rings. The number of rotatable bonds is 4. The predicted octanol–water partition coefficient (Wildman–Crippen LogP) is 2.30. The number of amides is 1. The van der Waals surface area contributed by atoms with Crippen LogP contribution in [0.3, 0.4) is 0 Å². The van der Waals surface area contributed by atoms with Crippen molar-refractivity contribution in [3.63, 3.8) is 0 Å². The largest absolute Gasteiger partial charge is 0.497 e. The van der Waals surface area contributed by atoms with Gasteiger partial charge in [0, 0.05) is 35.5 Å². The summed E-state index contributed by atoms with van der Waals surface area (Å²) in [4.78, 5) is 15.7. The zero-order chi connectivity index (χ0) is 17.4. The first-order valence-electron chi connectivity index (χ1n) is 8.37. The lowest BCUT2D eigenvalue weighted by atomic mass is 9.74. The van der Waals surface area contributed by atoms with Crippen molar-refractivity contribution < 1.29 is 19.4 Å². The summed E-state index contributed by atoms with van der Waals surface area (Å²) in [5.74, 6) is 1.74. The summed E-state index contributed by atoms with van der Waals surface area (Å²) < 4.78 is 11.2. The fourth-order valence-electron chi connectivity index (χ4n) is 3.89. The van der Waals surface area contributed by atoms with Crippen LogP contribution >= 0.6 is 11.3 Å². The molecule has 2 aliphatic heterocycles. The highest BCUT2D eigenvalue weighted by Crippen LogP contribution is 2.50. The van der Waals surface area contributed by atoms with Gasteiger partial charge in [-0.05, 0) is 17.5 Å². The molecule has 0 unspecified atom stereocenters. The fourth-order valence-corrected chi connectivity index (χ4v) is 4.59. The number of carbonyl (C=O) groups excluding carboxylic acids is 1. The van der Waals surface area contributed by atoms with Crippen LogP contribution in [0.15, 0.2) is 35.7 Å². The van der Waals surface area contributed by atoms with Gasteiger partial charge in [0.1, 0.15) is 11.5 Å². The number of nitrogens with zero attached hydrogens (tertiary/aromatic N) is 1. The molecule has 4 rings (SSSR count). The molecule has 0 spiro atoms. The summed E-state index contributed by atoms with van der Waals surface area (Å²) >= 11 is 1.60. The maximum absolute atomic E-state index is 12.7. The molecule has 3 heterocycles. The Morgan fingerprint density at radius 2 is 2.36 bits per heavy atom. The molecule has 1 saturated heterocycles. The van der Waals surface area contributed by atoms with Crippen molar-refractivity contribution in [2.24, 2.45) is 5.41 Å². The van der Waals surface area contributed by atoms with E-state index in [-0.39, 0.29) is 18.4 Å². The van der Waals surface area contributed by atoms with Gasteiger partial charge in [-0.2, -0.15) is 0 Å². The third kappa shape index (κ3) is 2.79. The van der Waals surface area contributed by atoms with Crippen LogP contribution in [0.1, 0.15) is 16.4 Å². The summed E-state index contributed by atoms with van der Waals surface area (Å²) in [5.41, 5.74) is 0.625. The number of hydrogen-bond donors (Lipinski definition) is 1. The molecule has 5 nitrogen and oxygen atoms in total. The van der Waals surface area contributed by atoms with Crippen LogP contribution in [0.25, 0.3) is 0 Å². The van der Waals surface area contributed by atoms with Crippen LogP contribution in [0.2, 0.25) is 0 Å². The quantitative estimate of drug-likeness (QED) is 0.910. The van der Waals surface area contributed by atoms with Crippen LogP contribution in [-0.4, -0.2) is 49.3 Å².